The molecule has 2 saturated carbocycles. The number of benzene rings is 1. The number of ketones is 1. The van der Waals surface area contributed by atoms with Gasteiger partial charge in [0.15, 0.2) is 11.5 Å². The van der Waals surface area contributed by atoms with Gasteiger partial charge in [-0.2, -0.15) is 0 Å². The zero-order chi connectivity index (χ0) is 37.8. The second-order valence-corrected chi connectivity index (χ2v) is 16.2. The minimum atomic E-state index is -1.16. The second-order valence-electron chi connectivity index (χ2n) is 15.7. The van der Waals surface area contributed by atoms with Crippen LogP contribution >= 0.6 is 11.6 Å². The minimum absolute atomic E-state index is 0.0200. The molecule has 0 bridgehead atoms. The number of carbonyl (C=O) groups excluding carboxylic acids is 5. The van der Waals surface area contributed by atoms with Crippen LogP contribution in [0.15, 0.2) is 18.2 Å². The number of halogens is 1. The maximum atomic E-state index is 14.7. The Morgan fingerprint density at radius 2 is 1.75 bits per heavy atom. The Morgan fingerprint density at radius 3 is 2.37 bits per heavy atom. The number of carbonyl (C=O) groups is 5. The second kappa shape index (κ2) is 16.4. The van der Waals surface area contributed by atoms with E-state index in [1.54, 1.807) is 12.1 Å². The number of hydroxylamine groups is 1. The average molecular weight is 744 g/mol. The van der Waals surface area contributed by atoms with Crippen LogP contribution in [-0.2, 0) is 28.8 Å². The Hall–Kier alpha value is -3.84. The monoisotopic (exact) mass is 743 g/mol. The lowest BCUT2D eigenvalue weighted by Crippen LogP contribution is -2.59. The van der Waals surface area contributed by atoms with Crippen molar-refractivity contribution in [1.82, 2.24) is 26.3 Å². The fourth-order valence-electron chi connectivity index (χ4n) is 7.39. The van der Waals surface area contributed by atoms with Crippen LogP contribution in [0.1, 0.15) is 104 Å². The lowest BCUT2D eigenvalue weighted by atomic mass is 9.84. The van der Waals surface area contributed by atoms with Gasteiger partial charge in [0, 0.05) is 24.4 Å². The molecule has 4 amide bonds. The average Bonchev–Trinajstić information content (AvgIpc) is 3.70. The van der Waals surface area contributed by atoms with Gasteiger partial charge in [0.05, 0.1) is 37.5 Å². The third-order valence-corrected chi connectivity index (χ3v) is 10.7. The molecule has 13 nitrogen and oxygen atoms in total. The normalized spacial score (nSPS) is 22.9. The first-order chi connectivity index (χ1) is 24.7. The Bertz CT molecular complexity index is 1570. The van der Waals surface area contributed by atoms with Gasteiger partial charge in [-0.3, -0.25) is 34.3 Å². The molecule has 4 N–H and O–H groups in total. The molecule has 1 spiro atoms. The van der Waals surface area contributed by atoms with E-state index in [-0.39, 0.29) is 37.3 Å². The van der Waals surface area contributed by atoms with E-state index in [0.29, 0.717) is 40.6 Å². The number of methoxy groups -OCH3 is 2. The van der Waals surface area contributed by atoms with Crippen LogP contribution in [-0.4, -0.2) is 84.8 Å². The summed E-state index contributed by atoms with van der Waals surface area (Å²) < 4.78 is 10.9. The predicted octanol–water partition coefficient (Wildman–Crippen LogP) is 4.21. The van der Waals surface area contributed by atoms with E-state index >= 15 is 0 Å². The van der Waals surface area contributed by atoms with Crippen LogP contribution in [0.4, 0.5) is 0 Å². The molecule has 0 unspecified atom stereocenters. The molecule has 2 aliphatic heterocycles. The van der Waals surface area contributed by atoms with Crippen molar-refractivity contribution >= 4 is 46.7 Å². The maximum absolute atomic E-state index is 14.7. The third kappa shape index (κ3) is 9.20. The van der Waals surface area contributed by atoms with Gasteiger partial charge in [0.1, 0.15) is 17.7 Å². The van der Waals surface area contributed by atoms with Crippen molar-refractivity contribution in [2.24, 2.45) is 11.3 Å². The van der Waals surface area contributed by atoms with Crippen molar-refractivity contribution in [3.05, 3.63) is 28.8 Å². The van der Waals surface area contributed by atoms with E-state index in [0.717, 1.165) is 38.5 Å². The molecule has 2 heterocycles. The van der Waals surface area contributed by atoms with E-state index in [2.05, 4.69) is 21.4 Å². The molecule has 14 heteroatoms. The SMILES string of the molecule is CCC[C@H](NC(=O)[C@@H]1C[C@]2(C=C(c3cc(Cl)c(OC)c(OC)c3)NO2)CN1C(=O)[C@@H](NC(=O)CC1CCCCC1)C(C)(C)C)C(=O)C(=O)NC1CC1. The number of rotatable bonds is 14. The largest absolute Gasteiger partial charge is 0.493 e. The first-order valence-electron chi connectivity index (χ1n) is 18.5. The van der Waals surface area contributed by atoms with Crippen molar-refractivity contribution in [2.45, 2.75) is 128 Å². The Morgan fingerprint density at radius 1 is 1.04 bits per heavy atom. The third-order valence-electron chi connectivity index (χ3n) is 10.4. The number of likely N-dealkylation sites (tertiary alicyclic amines) is 1. The molecule has 0 aromatic heterocycles. The molecular formula is C38H54ClN5O8. The summed E-state index contributed by atoms with van der Waals surface area (Å²) in [6.45, 7) is 7.45. The molecule has 2 aliphatic carbocycles. The summed E-state index contributed by atoms with van der Waals surface area (Å²) in [7, 11) is 2.99. The van der Waals surface area contributed by atoms with Crippen molar-refractivity contribution in [2.75, 3.05) is 20.8 Å². The number of amides is 4. The molecular weight excluding hydrogens is 690 g/mol. The summed E-state index contributed by atoms with van der Waals surface area (Å²) in [6, 6.07) is 0.303. The van der Waals surface area contributed by atoms with Crippen molar-refractivity contribution in [3.63, 3.8) is 0 Å². The van der Waals surface area contributed by atoms with Gasteiger partial charge in [-0.25, -0.2) is 0 Å². The van der Waals surface area contributed by atoms with Crippen LogP contribution in [0.3, 0.4) is 0 Å². The van der Waals surface area contributed by atoms with Gasteiger partial charge in [-0.05, 0) is 61.6 Å². The first kappa shape index (κ1) is 39.4. The summed E-state index contributed by atoms with van der Waals surface area (Å²) in [5, 5.41) is 8.85. The number of nitrogens with zero attached hydrogens (tertiary/aromatic N) is 1. The highest BCUT2D eigenvalue weighted by atomic mass is 35.5. The highest BCUT2D eigenvalue weighted by molar-refractivity contribution is 6.38. The number of nitrogens with one attached hydrogen (secondary N) is 4. The smallest absolute Gasteiger partial charge is 0.289 e. The molecule has 1 saturated heterocycles. The Labute approximate surface area is 311 Å². The molecule has 4 aliphatic rings. The maximum Gasteiger partial charge on any atom is 0.289 e. The highest BCUT2D eigenvalue weighted by Crippen LogP contribution is 2.42. The van der Waals surface area contributed by atoms with Crippen LogP contribution < -0.4 is 30.9 Å². The van der Waals surface area contributed by atoms with Crippen molar-refractivity contribution in [3.8, 4) is 11.5 Å². The lowest BCUT2D eigenvalue weighted by molar-refractivity contribution is -0.145. The van der Waals surface area contributed by atoms with Gasteiger partial charge >= 0.3 is 0 Å². The van der Waals surface area contributed by atoms with Crippen LogP contribution in [0.25, 0.3) is 5.70 Å². The Balaban J connectivity index is 1.44. The molecule has 286 valence electrons. The van der Waals surface area contributed by atoms with Crippen molar-refractivity contribution in [1.29, 1.82) is 0 Å². The summed E-state index contributed by atoms with van der Waals surface area (Å²) in [5.74, 6) is -1.62. The number of ether oxygens (including phenoxy) is 2. The molecule has 4 atom stereocenters. The summed E-state index contributed by atoms with van der Waals surface area (Å²) >= 11 is 6.51. The number of Topliss-reactive ketones (excluding diaryl/α,β-unsaturated/α-hetero) is 1. The predicted molar refractivity (Wildman–Crippen MR) is 195 cm³/mol. The molecule has 52 heavy (non-hydrogen) atoms. The first-order valence-corrected chi connectivity index (χ1v) is 18.9. The van der Waals surface area contributed by atoms with Crippen LogP contribution in [0.5, 0.6) is 11.5 Å². The fraction of sp³-hybridized carbons (Fsp3) is 0.658. The van der Waals surface area contributed by atoms with Gasteiger partial charge in [-0.1, -0.05) is 65.0 Å². The minimum Gasteiger partial charge on any atom is -0.493 e. The van der Waals surface area contributed by atoms with Gasteiger partial charge in [0.2, 0.25) is 23.5 Å². The van der Waals surface area contributed by atoms with E-state index in [4.69, 9.17) is 25.9 Å². The van der Waals surface area contributed by atoms with Gasteiger partial charge < -0.3 is 30.3 Å². The molecule has 1 aromatic carbocycles. The number of hydrogen-bond donors (Lipinski definition) is 4. The van der Waals surface area contributed by atoms with E-state index in [1.807, 2.05) is 33.8 Å². The molecule has 1 aromatic rings. The summed E-state index contributed by atoms with van der Waals surface area (Å²) in [4.78, 5) is 75.9. The van der Waals surface area contributed by atoms with Crippen LogP contribution in [0, 0.1) is 11.3 Å². The zero-order valence-corrected chi connectivity index (χ0v) is 32.0. The topological polar surface area (TPSA) is 164 Å². The fourth-order valence-corrected chi connectivity index (χ4v) is 7.68. The van der Waals surface area contributed by atoms with Gasteiger partial charge in [0.25, 0.3) is 5.91 Å². The van der Waals surface area contributed by atoms with E-state index in [9.17, 15) is 24.0 Å². The van der Waals surface area contributed by atoms with Crippen LogP contribution in [0.2, 0.25) is 5.02 Å². The highest BCUT2D eigenvalue weighted by Gasteiger charge is 2.54. The van der Waals surface area contributed by atoms with E-state index < -0.39 is 52.6 Å². The van der Waals surface area contributed by atoms with Crippen molar-refractivity contribution < 1.29 is 38.3 Å². The molecule has 5 rings (SSSR count). The number of hydrogen-bond acceptors (Lipinski definition) is 9. The quantitative estimate of drug-likeness (QED) is 0.205. The molecule has 3 fully saturated rings. The summed E-state index contributed by atoms with van der Waals surface area (Å²) in [6.07, 6.45) is 9.93. The standard InChI is InChI=1S/C38H54ClN5O8/c1-7-11-26(31(46)35(48)40-24-14-15-24)41-34(47)28-20-38(19-27(43-52-38)23-17-25(39)32(51-6)29(18-23)50-5)21-44(28)36(49)33(37(2,3)4)42-30(45)16-22-12-9-8-10-13-22/h17-19,22,24,26,28,33,43H,7-16,20-21H2,1-6H3,(H,40,48)(H,41,47)(H,42,45)/t26-,28-,33+,38+/m0/s1. The Kier molecular flexibility index (Phi) is 12.5. The van der Waals surface area contributed by atoms with E-state index in [1.165, 1.54) is 25.5 Å². The lowest BCUT2D eigenvalue weighted by Gasteiger charge is -2.36. The van der Waals surface area contributed by atoms with Gasteiger partial charge in [-0.15, -0.1) is 0 Å². The molecule has 0 radical (unpaired) electrons. The zero-order valence-electron chi connectivity index (χ0n) is 31.2. The summed E-state index contributed by atoms with van der Waals surface area (Å²) in [5.41, 5.74) is 2.26.